The SMILES string of the molecule is CCCCCC[C@@H]1CCc2c(ccc3ccccc23)[C@H]1C#Cc1ccc(OC(F)F)cc1. The Kier molecular flexibility index (Phi) is 7.43. The van der Waals surface area contributed by atoms with Gasteiger partial charge in [0.1, 0.15) is 5.75 Å². The van der Waals surface area contributed by atoms with Crippen LogP contribution in [0.4, 0.5) is 8.78 Å². The van der Waals surface area contributed by atoms with Gasteiger partial charge in [0, 0.05) is 11.5 Å². The van der Waals surface area contributed by atoms with Crippen molar-refractivity contribution in [3.05, 3.63) is 77.4 Å². The van der Waals surface area contributed by atoms with Gasteiger partial charge >= 0.3 is 6.61 Å². The van der Waals surface area contributed by atoms with E-state index in [-0.39, 0.29) is 11.7 Å². The molecule has 4 rings (SSSR count). The van der Waals surface area contributed by atoms with Gasteiger partial charge in [-0.3, -0.25) is 0 Å². The average molecular weight is 433 g/mol. The quantitative estimate of drug-likeness (QED) is 0.271. The molecule has 1 aliphatic rings. The normalized spacial score (nSPS) is 17.6. The third-order valence-corrected chi connectivity index (χ3v) is 6.53. The molecule has 0 bridgehead atoms. The summed E-state index contributed by atoms with van der Waals surface area (Å²) < 4.78 is 29.3. The van der Waals surface area contributed by atoms with Crippen molar-refractivity contribution < 1.29 is 13.5 Å². The van der Waals surface area contributed by atoms with E-state index < -0.39 is 6.61 Å². The lowest BCUT2D eigenvalue weighted by atomic mass is 9.72. The lowest BCUT2D eigenvalue weighted by Crippen LogP contribution is -2.20. The van der Waals surface area contributed by atoms with Crippen molar-refractivity contribution in [2.75, 3.05) is 0 Å². The number of hydrogen-bond donors (Lipinski definition) is 0. The van der Waals surface area contributed by atoms with Crippen LogP contribution >= 0.6 is 0 Å². The van der Waals surface area contributed by atoms with Crippen molar-refractivity contribution in [3.8, 4) is 17.6 Å². The minimum atomic E-state index is -2.81. The lowest BCUT2D eigenvalue weighted by molar-refractivity contribution is -0.0498. The molecule has 0 saturated heterocycles. The Bertz CT molecular complexity index is 1090. The van der Waals surface area contributed by atoms with Gasteiger partial charge < -0.3 is 4.74 Å². The first-order chi connectivity index (χ1) is 15.7. The highest BCUT2D eigenvalue weighted by molar-refractivity contribution is 5.87. The Balaban J connectivity index is 1.63. The Hall–Kier alpha value is -2.86. The summed E-state index contributed by atoms with van der Waals surface area (Å²) in [5, 5.41) is 2.63. The van der Waals surface area contributed by atoms with Crippen LogP contribution in [0.15, 0.2) is 60.7 Å². The van der Waals surface area contributed by atoms with E-state index in [1.54, 1.807) is 24.3 Å². The molecule has 1 nitrogen and oxygen atoms in total. The molecule has 2 atom stereocenters. The van der Waals surface area contributed by atoms with Crippen molar-refractivity contribution in [2.24, 2.45) is 5.92 Å². The molecular weight excluding hydrogens is 402 g/mol. The maximum absolute atomic E-state index is 12.4. The van der Waals surface area contributed by atoms with Crippen LogP contribution in [-0.4, -0.2) is 6.61 Å². The summed E-state index contributed by atoms with van der Waals surface area (Å²) in [6.45, 7) is -0.567. The molecule has 1 aliphatic carbocycles. The van der Waals surface area contributed by atoms with Crippen molar-refractivity contribution in [1.82, 2.24) is 0 Å². The molecule has 0 aliphatic heterocycles. The van der Waals surface area contributed by atoms with Crippen LogP contribution in [0, 0.1) is 17.8 Å². The second-order valence-electron chi connectivity index (χ2n) is 8.65. The maximum atomic E-state index is 12.4. The van der Waals surface area contributed by atoms with Crippen molar-refractivity contribution in [3.63, 3.8) is 0 Å². The van der Waals surface area contributed by atoms with E-state index in [0.717, 1.165) is 18.4 Å². The first-order valence-electron chi connectivity index (χ1n) is 11.7. The average Bonchev–Trinajstić information content (AvgIpc) is 2.81. The van der Waals surface area contributed by atoms with Gasteiger partial charge in [0.05, 0.1) is 0 Å². The fourth-order valence-corrected chi connectivity index (χ4v) is 4.89. The van der Waals surface area contributed by atoms with Gasteiger partial charge in [-0.2, -0.15) is 8.78 Å². The van der Waals surface area contributed by atoms with Crippen LogP contribution in [-0.2, 0) is 6.42 Å². The van der Waals surface area contributed by atoms with E-state index in [2.05, 4.69) is 59.9 Å². The molecule has 0 saturated carbocycles. The lowest BCUT2D eigenvalue weighted by Gasteiger charge is -2.31. The van der Waals surface area contributed by atoms with E-state index in [0.29, 0.717) is 5.92 Å². The van der Waals surface area contributed by atoms with Gasteiger partial charge in [0.25, 0.3) is 0 Å². The predicted molar refractivity (Wildman–Crippen MR) is 127 cm³/mol. The van der Waals surface area contributed by atoms with Gasteiger partial charge in [-0.25, -0.2) is 0 Å². The number of rotatable bonds is 7. The molecule has 166 valence electrons. The zero-order valence-corrected chi connectivity index (χ0v) is 18.6. The molecule has 3 aromatic carbocycles. The minimum absolute atomic E-state index is 0.161. The Morgan fingerprint density at radius 1 is 0.969 bits per heavy atom. The van der Waals surface area contributed by atoms with Gasteiger partial charge in [-0.15, -0.1) is 0 Å². The number of fused-ring (bicyclic) bond motifs is 3. The Morgan fingerprint density at radius 3 is 2.56 bits per heavy atom. The van der Waals surface area contributed by atoms with Crippen LogP contribution < -0.4 is 4.74 Å². The number of alkyl halides is 2. The highest BCUT2D eigenvalue weighted by atomic mass is 19.3. The van der Waals surface area contributed by atoms with E-state index in [1.807, 2.05) is 0 Å². The Labute approximate surface area is 189 Å². The molecule has 0 radical (unpaired) electrons. The van der Waals surface area contributed by atoms with Crippen LogP contribution in [0.3, 0.4) is 0 Å². The number of ether oxygens (including phenoxy) is 1. The molecule has 3 aromatic rings. The van der Waals surface area contributed by atoms with E-state index in [1.165, 1.54) is 54.0 Å². The monoisotopic (exact) mass is 432 g/mol. The molecule has 32 heavy (non-hydrogen) atoms. The third-order valence-electron chi connectivity index (χ3n) is 6.53. The number of hydrogen-bond acceptors (Lipinski definition) is 1. The second kappa shape index (κ2) is 10.6. The van der Waals surface area contributed by atoms with Crippen LogP contribution in [0.5, 0.6) is 5.75 Å². The van der Waals surface area contributed by atoms with Crippen LogP contribution in [0.25, 0.3) is 10.8 Å². The minimum Gasteiger partial charge on any atom is -0.435 e. The van der Waals surface area contributed by atoms with Gasteiger partial charge in [0.15, 0.2) is 0 Å². The summed E-state index contributed by atoms with van der Waals surface area (Å²) >= 11 is 0. The van der Waals surface area contributed by atoms with Gasteiger partial charge in [-0.1, -0.05) is 80.8 Å². The molecule has 0 unspecified atom stereocenters. The molecule has 3 heteroatoms. The summed E-state index contributed by atoms with van der Waals surface area (Å²) in [5.41, 5.74) is 3.62. The summed E-state index contributed by atoms with van der Waals surface area (Å²) in [7, 11) is 0. The summed E-state index contributed by atoms with van der Waals surface area (Å²) in [6.07, 6.45) is 8.53. The van der Waals surface area contributed by atoms with Crippen molar-refractivity contribution in [1.29, 1.82) is 0 Å². The highest BCUT2D eigenvalue weighted by Gasteiger charge is 2.29. The van der Waals surface area contributed by atoms with Crippen molar-refractivity contribution in [2.45, 2.75) is 64.4 Å². The third kappa shape index (κ3) is 5.30. The number of aryl methyl sites for hydroxylation is 1. The number of unbranched alkanes of at least 4 members (excludes halogenated alkanes) is 3. The summed E-state index contributed by atoms with van der Waals surface area (Å²) in [5.74, 6) is 7.80. The largest absolute Gasteiger partial charge is 0.435 e. The van der Waals surface area contributed by atoms with Crippen molar-refractivity contribution >= 4 is 10.8 Å². The predicted octanol–water partition coefficient (Wildman–Crippen LogP) is 8.11. The molecular formula is C29H30F2O. The zero-order chi connectivity index (χ0) is 22.3. The smallest absolute Gasteiger partial charge is 0.387 e. The first-order valence-corrected chi connectivity index (χ1v) is 11.7. The van der Waals surface area contributed by atoms with E-state index >= 15 is 0 Å². The molecule has 0 N–H and O–H groups in total. The zero-order valence-electron chi connectivity index (χ0n) is 18.6. The van der Waals surface area contributed by atoms with E-state index in [4.69, 9.17) is 0 Å². The maximum Gasteiger partial charge on any atom is 0.387 e. The van der Waals surface area contributed by atoms with Crippen LogP contribution in [0.2, 0.25) is 0 Å². The topological polar surface area (TPSA) is 9.23 Å². The molecule has 0 fully saturated rings. The molecule has 0 amide bonds. The van der Waals surface area contributed by atoms with Gasteiger partial charge in [0.2, 0.25) is 0 Å². The standard InChI is InChI=1S/C29H30F2O/c1-2-3-4-5-8-23-15-19-27-25-10-7-6-9-22(25)14-20-28(27)26(23)18-13-21-11-16-24(17-12-21)32-29(30)31/h6-7,9-12,14,16-17,20,23,26,29H,2-5,8,15,19H2,1H3/t23-,26+/m1/s1. The Morgan fingerprint density at radius 2 is 1.78 bits per heavy atom. The fraction of sp³-hybridized carbons (Fsp3) is 0.379. The second-order valence-corrected chi connectivity index (χ2v) is 8.65. The molecule has 0 aromatic heterocycles. The fourth-order valence-electron chi connectivity index (χ4n) is 4.89. The molecule has 0 spiro atoms. The first kappa shape index (κ1) is 22.3. The van der Waals surface area contributed by atoms with E-state index in [9.17, 15) is 8.78 Å². The van der Waals surface area contributed by atoms with Gasteiger partial charge in [-0.05, 0) is 71.3 Å². The summed E-state index contributed by atoms with van der Waals surface area (Å²) in [4.78, 5) is 0. The number of benzene rings is 3. The summed E-state index contributed by atoms with van der Waals surface area (Å²) in [6, 6.07) is 19.7. The highest BCUT2D eigenvalue weighted by Crippen LogP contribution is 2.41. The number of halogens is 2. The molecule has 0 heterocycles. The van der Waals surface area contributed by atoms with Crippen LogP contribution in [0.1, 0.15) is 68.1 Å².